The predicted molar refractivity (Wildman–Crippen MR) is 70.3 cm³/mol. The molecule has 0 saturated carbocycles. The summed E-state index contributed by atoms with van der Waals surface area (Å²) in [5.41, 5.74) is 1.84. The van der Waals surface area contributed by atoms with E-state index in [1.165, 1.54) is 6.07 Å². The van der Waals surface area contributed by atoms with Gasteiger partial charge in [0.2, 0.25) is 0 Å². The van der Waals surface area contributed by atoms with E-state index in [4.69, 9.17) is 16.3 Å². The van der Waals surface area contributed by atoms with E-state index in [9.17, 15) is 10.1 Å². The number of nitro benzene ring substituents is 1. The summed E-state index contributed by atoms with van der Waals surface area (Å²) in [6.07, 6.45) is 1.19. The van der Waals surface area contributed by atoms with Gasteiger partial charge in [-0.1, -0.05) is 0 Å². The molecule has 6 heteroatoms. The Balaban J connectivity index is 2.25. The van der Waals surface area contributed by atoms with Gasteiger partial charge in [-0.3, -0.25) is 10.1 Å². The summed E-state index contributed by atoms with van der Waals surface area (Å²) in [6.45, 7) is 1.69. The number of benzene rings is 1. The average molecular weight is 271 g/mol. The molecule has 0 aliphatic carbocycles. The molecule has 1 aliphatic rings. The van der Waals surface area contributed by atoms with Crippen LogP contribution < -0.4 is 4.90 Å². The minimum atomic E-state index is -0.401. The first-order chi connectivity index (χ1) is 8.65. The van der Waals surface area contributed by atoms with Crippen molar-refractivity contribution in [3.05, 3.63) is 33.9 Å². The predicted octanol–water partition coefficient (Wildman–Crippen LogP) is 2.56. The zero-order valence-corrected chi connectivity index (χ0v) is 10.9. The number of hydrogen-bond donors (Lipinski definition) is 0. The fourth-order valence-corrected chi connectivity index (χ4v) is 2.45. The highest BCUT2D eigenvalue weighted by Gasteiger charge is 2.24. The monoisotopic (exact) mass is 270 g/mol. The number of alkyl halides is 1. The van der Waals surface area contributed by atoms with Crippen LogP contribution in [0.1, 0.15) is 12.0 Å². The molecule has 0 N–H and O–H groups in total. The van der Waals surface area contributed by atoms with Crippen molar-refractivity contribution in [3.63, 3.8) is 0 Å². The number of methoxy groups -OCH3 is 1. The Morgan fingerprint density at radius 1 is 1.61 bits per heavy atom. The van der Waals surface area contributed by atoms with E-state index in [1.54, 1.807) is 19.2 Å². The van der Waals surface area contributed by atoms with E-state index in [-0.39, 0.29) is 17.7 Å². The van der Waals surface area contributed by atoms with Gasteiger partial charge in [0.15, 0.2) is 0 Å². The Bertz CT molecular complexity index is 453. The lowest BCUT2D eigenvalue weighted by molar-refractivity contribution is -0.384. The number of nitro groups is 1. The molecular formula is C12H15ClN2O3. The molecule has 0 radical (unpaired) electrons. The molecule has 1 unspecified atom stereocenters. The van der Waals surface area contributed by atoms with E-state index in [1.807, 2.05) is 0 Å². The number of halogens is 1. The van der Waals surface area contributed by atoms with Gasteiger partial charge < -0.3 is 9.64 Å². The van der Waals surface area contributed by atoms with Gasteiger partial charge in [-0.25, -0.2) is 0 Å². The molecule has 1 aliphatic heterocycles. The van der Waals surface area contributed by atoms with Crippen LogP contribution in [0.2, 0.25) is 0 Å². The summed E-state index contributed by atoms with van der Waals surface area (Å²) in [7, 11) is 1.70. The summed E-state index contributed by atoms with van der Waals surface area (Å²) in [4.78, 5) is 12.5. The van der Waals surface area contributed by atoms with Crippen molar-refractivity contribution >= 4 is 23.0 Å². The molecule has 18 heavy (non-hydrogen) atoms. The lowest BCUT2D eigenvalue weighted by atomic mass is 10.1. The third kappa shape index (κ3) is 2.57. The maximum absolute atomic E-state index is 10.7. The number of non-ortho nitro benzene ring substituents is 1. The normalized spacial score (nSPS) is 19.2. The second kappa shape index (κ2) is 5.54. The molecule has 1 aromatic rings. The number of rotatable bonds is 4. The van der Waals surface area contributed by atoms with Gasteiger partial charge in [-0.2, -0.15) is 0 Å². The molecule has 0 amide bonds. The SMILES string of the molecule is COC1CCN(c2ccc([N+](=O)[O-])cc2CCl)C1. The maximum Gasteiger partial charge on any atom is 0.269 e. The highest BCUT2D eigenvalue weighted by Crippen LogP contribution is 2.29. The second-order valence-corrected chi connectivity index (χ2v) is 4.56. The molecule has 2 rings (SSSR count). The van der Waals surface area contributed by atoms with Gasteiger partial charge in [-0.05, 0) is 18.1 Å². The molecular weight excluding hydrogens is 256 g/mol. The highest BCUT2D eigenvalue weighted by atomic mass is 35.5. The molecule has 98 valence electrons. The smallest absolute Gasteiger partial charge is 0.269 e. The molecule has 0 bridgehead atoms. The van der Waals surface area contributed by atoms with Gasteiger partial charge >= 0.3 is 0 Å². The fraction of sp³-hybridized carbons (Fsp3) is 0.500. The van der Waals surface area contributed by atoms with E-state index in [2.05, 4.69) is 4.90 Å². The van der Waals surface area contributed by atoms with Crippen molar-refractivity contribution in [2.45, 2.75) is 18.4 Å². The van der Waals surface area contributed by atoms with Crippen LogP contribution in [0.15, 0.2) is 18.2 Å². The fourth-order valence-electron chi connectivity index (χ4n) is 2.24. The van der Waals surface area contributed by atoms with Gasteiger partial charge in [0.1, 0.15) is 0 Å². The third-order valence-electron chi connectivity index (χ3n) is 3.24. The van der Waals surface area contributed by atoms with E-state index < -0.39 is 4.92 Å². The first-order valence-electron chi connectivity index (χ1n) is 5.76. The van der Waals surface area contributed by atoms with Crippen molar-refractivity contribution in [2.24, 2.45) is 0 Å². The van der Waals surface area contributed by atoms with Gasteiger partial charge in [-0.15, -0.1) is 11.6 Å². The lowest BCUT2D eigenvalue weighted by Gasteiger charge is -2.21. The van der Waals surface area contributed by atoms with Crippen molar-refractivity contribution < 1.29 is 9.66 Å². The molecule has 0 spiro atoms. The minimum absolute atomic E-state index is 0.0805. The van der Waals surface area contributed by atoms with Crippen LogP contribution in [-0.4, -0.2) is 31.2 Å². The number of hydrogen-bond acceptors (Lipinski definition) is 4. The molecule has 5 nitrogen and oxygen atoms in total. The Labute approximate surface area is 110 Å². The first kappa shape index (κ1) is 13.1. The zero-order valence-electron chi connectivity index (χ0n) is 10.1. The van der Waals surface area contributed by atoms with Crippen LogP contribution in [0.3, 0.4) is 0 Å². The minimum Gasteiger partial charge on any atom is -0.380 e. The van der Waals surface area contributed by atoms with Gasteiger partial charge in [0, 0.05) is 43.9 Å². The third-order valence-corrected chi connectivity index (χ3v) is 3.52. The summed E-state index contributed by atoms with van der Waals surface area (Å²) >= 11 is 5.88. The van der Waals surface area contributed by atoms with Crippen molar-refractivity contribution in [1.29, 1.82) is 0 Å². The number of anilines is 1. The van der Waals surface area contributed by atoms with E-state index in [0.29, 0.717) is 0 Å². The molecule has 1 heterocycles. The van der Waals surface area contributed by atoms with Gasteiger partial charge in [0.25, 0.3) is 5.69 Å². The Hall–Kier alpha value is -1.33. The number of ether oxygens (including phenoxy) is 1. The van der Waals surface area contributed by atoms with Crippen LogP contribution >= 0.6 is 11.6 Å². The van der Waals surface area contributed by atoms with Crippen LogP contribution in [0, 0.1) is 10.1 Å². The van der Waals surface area contributed by atoms with Crippen LogP contribution in [0.5, 0.6) is 0 Å². The first-order valence-corrected chi connectivity index (χ1v) is 6.30. The summed E-state index contributed by atoms with van der Waals surface area (Å²) in [5.74, 6) is 0.269. The zero-order chi connectivity index (χ0) is 13.1. The summed E-state index contributed by atoms with van der Waals surface area (Å²) < 4.78 is 5.32. The topological polar surface area (TPSA) is 55.6 Å². The summed E-state index contributed by atoms with van der Waals surface area (Å²) in [6, 6.07) is 4.84. The summed E-state index contributed by atoms with van der Waals surface area (Å²) in [5, 5.41) is 10.7. The molecule has 1 fully saturated rings. The van der Waals surface area contributed by atoms with Crippen LogP contribution in [-0.2, 0) is 10.6 Å². The van der Waals surface area contributed by atoms with Crippen molar-refractivity contribution in [3.8, 4) is 0 Å². The van der Waals surface area contributed by atoms with E-state index in [0.717, 1.165) is 30.8 Å². The number of nitrogens with zero attached hydrogens (tertiary/aromatic N) is 2. The average Bonchev–Trinajstić information content (AvgIpc) is 2.86. The Kier molecular flexibility index (Phi) is 4.04. The Morgan fingerprint density at radius 3 is 2.94 bits per heavy atom. The largest absolute Gasteiger partial charge is 0.380 e. The second-order valence-electron chi connectivity index (χ2n) is 4.30. The van der Waals surface area contributed by atoms with Crippen LogP contribution in [0.4, 0.5) is 11.4 Å². The van der Waals surface area contributed by atoms with E-state index >= 15 is 0 Å². The molecule has 1 aromatic carbocycles. The highest BCUT2D eigenvalue weighted by molar-refractivity contribution is 6.17. The van der Waals surface area contributed by atoms with Crippen LogP contribution in [0.25, 0.3) is 0 Å². The molecule has 1 saturated heterocycles. The lowest BCUT2D eigenvalue weighted by Crippen LogP contribution is -2.23. The van der Waals surface area contributed by atoms with Gasteiger partial charge in [0.05, 0.1) is 11.0 Å². The Morgan fingerprint density at radius 2 is 2.39 bits per heavy atom. The van der Waals surface area contributed by atoms with Crippen molar-refractivity contribution in [2.75, 3.05) is 25.1 Å². The van der Waals surface area contributed by atoms with Crippen molar-refractivity contribution in [1.82, 2.24) is 0 Å². The maximum atomic E-state index is 10.7. The molecule has 0 aromatic heterocycles. The standard InChI is InChI=1S/C12H15ClN2O3/c1-18-11-4-5-14(8-11)12-3-2-10(15(16)17)6-9(12)7-13/h2-3,6,11H,4-5,7-8H2,1H3. The molecule has 1 atom stereocenters. The quantitative estimate of drug-likeness (QED) is 0.479.